The van der Waals surface area contributed by atoms with E-state index in [1.807, 2.05) is 0 Å². The zero-order valence-electron chi connectivity index (χ0n) is 7.92. The molecule has 0 bridgehead atoms. The van der Waals surface area contributed by atoms with Crippen LogP contribution in [-0.4, -0.2) is 36.2 Å². The van der Waals surface area contributed by atoms with Gasteiger partial charge < -0.3 is 10.0 Å². The molecule has 2 rings (SSSR count). The lowest BCUT2D eigenvalue weighted by Crippen LogP contribution is -2.30. The Bertz CT molecular complexity index is 165. The largest absolute Gasteiger partial charge is 0.396 e. The third-order valence-corrected chi connectivity index (χ3v) is 3.36. The Balaban J connectivity index is 1.80. The summed E-state index contributed by atoms with van der Waals surface area (Å²) in [5, 5.41) is 9.16. The van der Waals surface area contributed by atoms with Crippen LogP contribution >= 0.6 is 0 Å². The molecule has 0 aromatic heterocycles. The minimum atomic E-state index is 0.323. The average Bonchev–Trinajstić information content (AvgIpc) is 2.71. The lowest BCUT2D eigenvalue weighted by molar-refractivity contribution is 0.162. The van der Waals surface area contributed by atoms with Crippen molar-refractivity contribution in [3.05, 3.63) is 0 Å². The third-order valence-electron chi connectivity index (χ3n) is 3.36. The predicted molar refractivity (Wildman–Crippen MR) is 49.0 cm³/mol. The van der Waals surface area contributed by atoms with Crippen molar-refractivity contribution in [3.8, 4) is 0 Å². The summed E-state index contributed by atoms with van der Waals surface area (Å²) in [4.78, 5) is 2.52. The van der Waals surface area contributed by atoms with Gasteiger partial charge in [-0.25, -0.2) is 0 Å². The van der Waals surface area contributed by atoms with Gasteiger partial charge in [0.15, 0.2) is 0 Å². The Morgan fingerprint density at radius 3 is 2.67 bits per heavy atom. The number of aliphatic hydroxyl groups is 1. The molecule has 1 heterocycles. The van der Waals surface area contributed by atoms with Crippen LogP contribution in [0.1, 0.15) is 26.2 Å². The maximum absolute atomic E-state index is 9.16. The summed E-state index contributed by atoms with van der Waals surface area (Å²) in [5.74, 6) is 0.875. The van der Waals surface area contributed by atoms with Crippen LogP contribution in [0.5, 0.6) is 0 Å². The third kappa shape index (κ3) is 1.64. The Morgan fingerprint density at radius 2 is 2.25 bits per heavy atom. The highest BCUT2D eigenvalue weighted by atomic mass is 16.3. The topological polar surface area (TPSA) is 23.5 Å². The van der Waals surface area contributed by atoms with Crippen molar-refractivity contribution in [2.45, 2.75) is 26.2 Å². The first-order valence-electron chi connectivity index (χ1n) is 5.07. The highest BCUT2D eigenvalue weighted by Crippen LogP contribution is 2.46. The molecule has 0 aromatic carbocycles. The molecule has 1 N–H and O–H groups in total. The fourth-order valence-electron chi connectivity index (χ4n) is 2.19. The highest BCUT2D eigenvalue weighted by Gasteiger charge is 2.43. The van der Waals surface area contributed by atoms with Gasteiger partial charge in [0.25, 0.3) is 0 Å². The van der Waals surface area contributed by atoms with E-state index >= 15 is 0 Å². The quantitative estimate of drug-likeness (QED) is 0.684. The highest BCUT2D eigenvalue weighted by molar-refractivity contribution is 4.95. The molecule has 70 valence electrons. The summed E-state index contributed by atoms with van der Waals surface area (Å²) in [7, 11) is 0. The molecule has 1 aliphatic heterocycles. The molecule has 0 aromatic rings. The molecule has 0 amide bonds. The van der Waals surface area contributed by atoms with Crippen LogP contribution in [0.15, 0.2) is 0 Å². The molecule has 0 radical (unpaired) electrons. The van der Waals surface area contributed by atoms with Crippen molar-refractivity contribution in [1.29, 1.82) is 0 Å². The smallest absolute Gasteiger partial charge is 0.0499 e. The average molecular weight is 169 g/mol. The summed E-state index contributed by atoms with van der Waals surface area (Å²) in [6.45, 7) is 6.37. The van der Waals surface area contributed by atoms with Crippen molar-refractivity contribution in [2.75, 3.05) is 26.2 Å². The van der Waals surface area contributed by atoms with E-state index in [0.717, 1.165) is 12.5 Å². The number of rotatable bonds is 3. The van der Waals surface area contributed by atoms with Crippen LogP contribution in [0.25, 0.3) is 0 Å². The molecule has 2 aliphatic rings. The lowest BCUT2D eigenvalue weighted by Gasteiger charge is -2.21. The van der Waals surface area contributed by atoms with Gasteiger partial charge in [0.1, 0.15) is 0 Å². The first-order valence-corrected chi connectivity index (χ1v) is 5.07. The summed E-state index contributed by atoms with van der Waals surface area (Å²) in [6.07, 6.45) is 3.84. The van der Waals surface area contributed by atoms with Crippen LogP contribution in [-0.2, 0) is 0 Å². The molecule has 12 heavy (non-hydrogen) atoms. The summed E-state index contributed by atoms with van der Waals surface area (Å²) in [5.41, 5.74) is 0.323. The lowest BCUT2D eigenvalue weighted by atomic mass is 10.1. The number of likely N-dealkylation sites (tertiary alicyclic amines) is 1. The molecule has 2 fully saturated rings. The molecular formula is C10H19NO. The Kier molecular flexibility index (Phi) is 2.13. The van der Waals surface area contributed by atoms with E-state index in [1.165, 1.54) is 32.4 Å². The fourth-order valence-corrected chi connectivity index (χ4v) is 2.19. The van der Waals surface area contributed by atoms with E-state index in [4.69, 9.17) is 5.11 Å². The second-order valence-electron chi connectivity index (χ2n) is 4.79. The van der Waals surface area contributed by atoms with E-state index in [2.05, 4.69) is 11.8 Å². The molecule has 0 unspecified atom stereocenters. The second-order valence-corrected chi connectivity index (χ2v) is 4.79. The maximum Gasteiger partial charge on any atom is 0.0499 e. The molecule has 1 saturated carbocycles. The number of hydrogen-bond acceptors (Lipinski definition) is 2. The van der Waals surface area contributed by atoms with Crippen molar-refractivity contribution in [3.63, 3.8) is 0 Å². The van der Waals surface area contributed by atoms with Gasteiger partial charge in [-0.05, 0) is 31.7 Å². The zero-order chi connectivity index (χ0) is 8.60. The van der Waals surface area contributed by atoms with Gasteiger partial charge in [-0.1, -0.05) is 6.92 Å². The van der Waals surface area contributed by atoms with Gasteiger partial charge in [0.2, 0.25) is 0 Å². The Morgan fingerprint density at radius 1 is 1.50 bits per heavy atom. The molecule has 2 nitrogen and oxygen atoms in total. The summed E-state index contributed by atoms with van der Waals surface area (Å²) >= 11 is 0. The van der Waals surface area contributed by atoms with E-state index in [1.54, 1.807) is 0 Å². The summed E-state index contributed by atoms with van der Waals surface area (Å²) in [6, 6.07) is 0. The minimum Gasteiger partial charge on any atom is -0.396 e. The monoisotopic (exact) mass is 169 g/mol. The SMILES string of the molecule is C[C@H]1CCN(CC2(CO)CC2)C1. The number of hydrogen-bond donors (Lipinski definition) is 1. The predicted octanol–water partition coefficient (Wildman–Crippen LogP) is 1.10. The van der Waals surface area contributed by atoms with Crippen molar-refractivity contribution in [1.82, 2.24) is 4.90 Å². The van der Waals surface area contributed by atoms with Crippen LogP contribution in [0.2, 0.25) is 0 Å². The van der Waals surface area contributed by atoms with E-state index < -0.39 is 0 Å². The van der Waals surface area contributed by atoms with E-state index in [9.17, 15) is 0 Å². The number of nitrogens with zero attached hydrogens (tertiary/aromatic N) is 1. The minimum absolute atomic E-state index is 0.323. The van der Waals surface area contributed by atoms with Gasteiger partial charge >= 0.3 is 0 Å². The van der Waals surface area contributed by atoms with Crippen molar-refractivity contribution >= 4 is 0 Å². The van der Waals surface area contributed by atoms with Crippen molar-refractivity contribution < 1.29 is 5.11 Å². The fraction of sp³-hybridized carbons (Fsp3) is 1.00. The normalized spacial score (nSPS) is 34.0. The maximum atomic E-state index is 9.16. The van der Waals surface area contributed by atoms with Crippen LogP contribution in [0.3, 0.4) is 0 Å². The molecule has 0 spiro atoms. The van der Waals surface area contributed by atoms with Crippen molar-refractivity contribution in [2.24, 2.45) is 11.3 Å². The standard InChI is InChI=1S/C10H19NO/c1-9-2-5-11(6-9)7-10(8-12)3-4-10/h9,12H,2-8H2,1H3/t9-/m0/s1. The first kappa shape index (κ1) is 8.52. The summed E-state index contributed by atoms with van der Waals surface area (Å²) < 4.78 is 0. The second kappa shape index (κ2) is 3.00. The van der Waals surface area contributed by atoms with Gasteiger partial charge in [-0.2, -0.15) is 0 Å². The van der Waals surface area contributed by atoms with E-state index in [0.29, 0.717) is 12.0 Å². The van der Waals surface area contributed by atoms with Crippen LogP contribution < -0.4 is 0 Å². The van der Waals surface area contributed by atoms with Gasteiger partial charge in [-0.15, -0.1) is 0 Å². The molecular weight excluding hydrogens is 150 g/mol. The van der Waals surface area contributed by atoms with Gasteiger partial charge in [0, 0.05) is 25.1 Å². The van der Waals surface area contributed by atoms with E-state index in [-0.39, 0.29) is 0 Å². The molecule has 2 heteroatoms. The van der Waals surface area contributed by atoms with Crippen LogP contribution in [0, 0.1) is 11.3 Å². The number of aliphatic hydroxyl groups excluding tert-OH is 1. The Hall–Kier alpha value is -0.0800. The Labute approximate surface area is 74.6 Å². The van der Waals surface area contributed by atoms with Crippen LogP contribution in [0.4, 0.5) is 0 Å². The molecule has 1 saturated heterocycles. The van der Waals surface area contributed by atoms with Gasteiger partial charge in [0.05, 0.1) is 0 Å². The van der Waals surface area contributed by atoms with Gasteiger partial charge in [-0.3, -0.25) is 0 Å². The molecule has 1 aliphatic carbocycles. The molecule has 1 atom stereocenters. The zero-order valence-corrected chi connectivity index (χ0v) is 7.92. The first-order chi connectivity index (χ1) is 5.74.